The molecule has 1 heterocycles. The number of carbonyl (C=O) groups excluding carboxylic acids is 1. The minimum Gasteiger partial charge on any atom is -0.479 e. The zero-order valence-corrected chi connectivity index (χ0v) is 13.2. The molecule has 0 radical (unpaired) electrons. The Morgan fingerprint density at radius 2 is 2.09 bits per heavy atom. The van der Waals surface area contributed by atoms with Crippen LogP contribution in [0.15, 0.2) is 18.2 Å². The van der Waals surface area contributed by atoms with Crippen LogP contribution in [0.3, 0.4) is 0 Å². The largest absolute Gasteiger partial charge is 0.479 e. The first-order valence-corrected chi connectivity index (χ1v) is 7.35. The molecule has 0 aliphatic carbocycles. The van der Waals surface area contributed by atoms with Gasteiger partial charge in [-0.25, -0.2) is 14.6 Å². The van der Waals surface area contributed by atoms with Gasteiger partial charge in [-0.2, -0.15) is 0 Å². The van der Waals surface area contributed by atoms with Gasteiger partial charge >= 0.3 is 12.1 Å². The number of rotatable bonds is 3. The van der Waals surface area contributed by atoms with Crippen LogP contribution in [-0.4, -0.2) is 27.8 Å². The molecule has 0 aliphatic rings. The summed E-state index contributed by atoms with van der Waals surface area (Å²) in [6, 6.07) is 3.71. The van der Waals surface area contributed by atoms with Gasteiger partial charge in [-0.1, -0.05) is 17.4 Å². The maximum absolute atomic E-state index is 11.8. The Hall–Kier alpha value is -2.35. The van der Waals surface area contributed by atoms with Gasteiger partial charge in [0.1, 0.15) is 5.60 Å². The number of thiazole rings is 1. The Morgan fingerprint density at radius 3 is 2.68 bits per heavy atom. The summed E-state index contributed by atoms with van der Waals surface area (Å²) in [6.45, 7) is 5.11. The summed E-state index contributed by atoms with van der Waals surface area (Å²) in [6.07, 6.45) is -0.788. The van der Waals surface area contributed by atoms with Crippen LogP contribution in [0.2, 0.25) is 0 Å². The number of fused-ring (bicyclic) bond motifs is 1. The minimum atomic E-state index is -1.21. The number of carbonyl (C=O) groups is 2. The lowest BCUT2D eigenvalue weighted by atomic mass is 10.1. The first-order valence-electron chi connectivity index (χ1n) is 6.54. The molecule has 0 fully saturated rings. The number of nitrogens with one attached hydrogen (secondary N) is 1. The number of alkyl carbamates (subject to hydrolysis) is 1. The summed E-state index contributed by atoms with van der Waals surface area (Å²) in [7, 11) is 0. The molecule has 2 aromatic rings. The van der Waals surface area contributed by atoms with Crippen molar-refractivity contribution >= 4 is 38.7 Å². The summed E-state index contributed by atoms with van der Waals surface area (Å²) in [4.78, 5) is 27.3. The summed E-state index contributed by atoms with van der Waals surface area (Å²) < 4.78 is 5.85. The van der Waals surface area contributed by atoms with E-state index < -0.39 is 23.7 Å². The Labute approximate surface area is 131 Å². The first kappa shape index (κ1) is 16.0. The van der Waals surface area contributed by atoms with E-state index in [9.17, 15) is 14.7 Å². The number of aromatic nitrogens is 1. The van der Waals surface area contributed by atoms with Crippen LogP contribution in [0.1, 0.15) is 32.4 Å². The fourth-order valence-electron chi connectivity index (χ4n) is 1.85. The summed E-state index contributed by atoms with van der Waals surface area (Å²) in [5.41, 5.74) is 6.04. The molecular formula is C14H17N3O4S. The molecule has 1 aromatic heterocycles. The van der Waals surface area contributed by atoms with Crippen molar-refractivity contribution in [2.75, 3.05) is 5.73 Å². The summed E-state index contributed by atoms with van der Waals surface area (Å²) in [5, 5.41) is 12.1. The first-order chi connectivity index (χ1) is 10.2. The second-order valence-electron chi connectivity index (χ2n) is 5.70. The predicted octanol–water partition coefficient (Wildman–Crippen LogP) is 2.53. The van der Waals surface area contributed by atoms with Gasteiger partial charge in [0, 0.05) is 0 Å². The molecule has 7 nitrogen and oxygen atoms in total. The SMILES string of the molecule is CC(C)(C)OC(=O)NC(C(=O)O)c1ccc2nc(N)sc2c1. The van der Waals surface area contributed by atoms with Gasteiger partial charge < -0.3 is 20.9 Å². The van der Waals surface area contributed by atoms with E-state index in [4.69, 9.17) is 10.5 Å². The molecule has 1 amide bonds. The van der Waals surface area contributed by atoms with Crippen molar-refractivity contribution in [3.05, 3.63) is 23.8 Å². The normalized spacial score (nSPS) is 12.9. The summed E-state index contributed by atoms with van der Waals surface area (Å²) in [5.74, 6) is -1.18. The molecule has 1 atom stereocenters. The Morgan fingerprint density at radius 1 is 1.41 bits per heavy atom. The predicted molar refractivity (Wildman–Crippen MR) is 83.8 cm³/mol. The number of anilines is 1. The van der Waals surface area contributed by atoms with Gasteiger partial charge in [0.2, 0.25) is 0 Å². The maximum Gasteiger partial charge on any atom is 0.408 e. The smallest absolute Gasteiger partial charge is 0.408 e. The molecule has 0 aliphatic heterocycles. The lowest BCUT2D eigenvalue weighted by molar-refractivity contribution is -0.139. The monoisotopic (exact) mass is 323 g/mol. The Kier molecular flexibility index (Phi) is 4.23. The standard InChI is InChI=1S/C14H17N3O4S/c1-14(2,3)21-13(20)17-10(11(18)19)7-4-5-8-9(6-7)22-12(15)16-8/h4-6,10H,1-3H3,(H2,15,16)(H,17,20)(H,18,19). The molecule has 1 aromatic carbocycles. The molecule has 1 unspecified atom stereocenters. The van der Waals surface area contributed by atoms with E-state index in [0.29, 0.717) is 16.2 Å². The number of aliphatic carboxylic acids is 1. The number of nitrogen functional groups attached to an aromatic ring is 1. The van der Waals surface area contributed by atoms with Gasteiger partial charge in [0.15, 0.2) is 11.2 Å². The van der Waals surface area contributed by atoms with Crippen LogP contribution in [0.5, 0.6) is 0 Å². The fraction of sp³-hybridized carbons (Fsp3) is 0.357. The van der Waals surface area contributed by atoms with Gasteiger partial charge in [0.05, 0.1) is 10.2 Å². The van der Waals surface area contributed by atoms with E-state index in [0.717, 1.165) is 4.70 Å². The van der Waals surface area contributed by atoms with Gasteiger partial charge in [-0.3, -0.25) is 0 Å². The average Bonchev–Trinajstić information content (AvgIpc) is 2.72. The molecule has 0 saturated carbocycles. The molecular weight excluding hydrogens is 306 g/mol. The molecule has 22 heavy (non-hydrogen) atoms. The van der Waals surface area contributed by atoms with Crippen molar-refractivity contribution in [2.24, 2.45) is 0 Å². The van der Waals surface area contributed by atoms with Crippen LogP contribution >= 0.6 is 11.3 Å². The summed E-state index contributed by atoms with van der Waals surface area (Å²) >= 11 is 1.25. The van der Waals surface area contributed by atoms with Gasteiger partial charge in [-0.15, -0.1) is 0 Å². The highest BCUT2D eigenvalue weighted by Gasteiger charge is 2.25. The quantitative estimate of drug-likeness (QED) is 0.799. The third kappa shape index (κ3) is 3.85. The minimum absolute atomic E-state index is 0.402. The lowest BCUT2D eigenvalue weighted by Crippen LogP contribution is -2.38. The van der Waals surface area contributed by atoms with Crippen molar-refractivity contribution in [3.63, 3.8) is 0 Å². The van der Waals surface area contributed by atoms with Crippen LogP contribution in [0.25, 0.3) is 10.2 Å². The zero-order valence-electron chi connectivity index (χ0n) is 12.4. The number of carboxylic acid groups (broad SMARTS) is 1. The number of hydrogen-bond acceptors (Lipinski definition) is 6. The molecule has 118 valence electrons. The van der Waals surface area contributed by atoms with E-state index in [1.807, 2.05) is 0 Å². The molecule has 8 heteroatoms. The third-order valence-electron chi connectivity index (χ3n) is 2.67. The topological polar surface area (TPSA) is 115 Å². The number of amides is 1. The van der Waals surface area contributed by atoms with Crippen LogP contribution in [-0.2, 0) is 9.53 Å². The van der Waals surface area contributed by atoms with Gasteiger partial charge in [0.25, 0.3) is 0 Å². The van der Waals surface area contributed by atoms with Crippen LogP contribution in [0.4, 0.5) is 9.93 Å². The highest BCUT2D eigenvalue weighted by molar-refractivity contribution is 7.22. The maximum atomic E-state index is 11.8. The second-order valence-corrected chi connectivity index (χ2v) is 6.76. The van der Waals surface area contributed by atoms with E-state index in [-0.39, 0.29) is 0 Å². The van der Waals surface area contributed by atoms with E-state index in [1.165, 1.54) is 11.3 Å². The second kappa shape index (κ2) is 5.80. The molecule has 0 saturated heterocycles. The third-order valence-corrected chi connectivity index (χ3v) is 3.52. The number of nitrogens with zero attached hydrogens (tertiary/aromatic N) is 1. The number of nitrogens with two attached hydrogens (primary N) is 1. The average molecular weight is 323 g/mol. The molecule has 4 N–H and O–H groups in total. The Bertz CT molecular complexity index is 720. The fourth-order valence-corrected chi connectivity index (χ4v) is 2.63. The Balaban J connectivity index is 2.26. The number of ether oxygens (including phenoxy) is 1. The number of benzene rings is 1. The molecule has 0 bridgehead atoms. The van der Waals surface area contributed by atoms with Crippen molar-refractivity contribution in [3.8, 4) is 0 Å². The van der Waals surface area contributed by atoms with E-state index >= 15 is 0 Å². The van der Waals surface area contributed by atoms with Crippen molar-refractivity contribution in [1.82, 2.24) is 10.3 Å². The van der Waals surface area contributed by atoms with Gasteiger partial charge in [-0.05, 0) is 38.5 Å². The molecule has 0 spiro atoms. The number of carboxylic acids is 1. The van der Waals surface area contributed by atoms with Crippen molar-refractivity contribution in [1.29, 1.82) is 0 Å². The zero-order chi connectivity index (χ0) is 16.5. The van der Waals surface area contributed by atoms with Crippen molar-refractivity contribution < 1.29 is 19.4 Å². The number of hydrogen-bond donors (Lipinski definition) is 3. The van der Waals surface area contributed by atoms with Crippen LogP contribution < -0.4 is 11.1 Å². The van der Waals surface area contributed by atoms with Crippen LogP contribution in [0, 0.1) is 0 Å². The highest BCUT2D eigenvalue weighted by atomic mass is 32.1. The lowest BCUT2D eigenvalue weighted by Gasteiger charge is -2.22. The highest BCUT2D eigenvalue weighted by Crippen LogP contribution is 2.27. The van der Waals surface area contributed by atoms with E-state index in [2.05, 4.69) is 10.3 Å². The van der Waals surface area contributed by atoms with Crippen molar-refractivity contribution in [2.45, 2.75) is 32.4 Å². The molecule has 2 rings (SSSR count). The van der Waals surface area contributed by atoms with E-state index in [1.54, 1.807) is 39.0 Å².